The van der Waals surface area contributed by atoms with Crippen molar-refractivity contribution in [1.29, 1.82) is 0 Å². The molecular formula is C32H34N6O5. The Bertz CT molecular complexity index is 1640. The summed E-state index contributed by atoms with van der Waals surface area (Å²) in [5.74, 6) is -2.84. The Morgan fingerprint density at radius 2 is 1.74 bits per heavy atom. The molecule has 43 heavy (non-hydrogen) atoms. The molecule has 7 rings (SSSR count). The molecule has 2 aromatic carbocycles. The molecule has 0 saturated carbocycles. The lowest BCUT2D eigenvalue weighted by Crippen LogP contribution is -2.59. The lowest BCUT2D eigenvalue weighted by molar-refractivity contribution is -0.152. The minimum absolute atomic E-state index is 0.113. The van der Waals surface area contributed by atoms with Gasteiger partial charge in [0.2, 0.25) is 11.8 Å². The van der Waals surface area contributed by atoms with Crippen LogP contribution in [0.3, 0.4) is 0 Å². The molecule has 0 bridgehead atoms. The van der Waals surface area contributed by atoms with Crippen molar-refractivity contribution < 1.29 is 24.2 Å². The molecule has 11 heteroatoms. The second kappa shape index (κ2) is 10.4. The highest BCUT2D eigenvalue weighted by Crippen LogP contribution is 2.54. The molecule has 2 fully saturated rings. The van der Waals surface area contributed by atoms with Crippen molar-refractivity contribution in [1.82, 2.24) is 24.8 Å². The SMILES string of the molecule is CC(C)[C@H](CO)N1C(=O)[C@@H]2[C@@H]3C(=O)N(c4ccccc4)CC=C[C@@H]3O[C@@]23C=CCN(Cn2nnc4ccccc42)C(=O)C13. The first-order chi connectivity index (χ1) is 20.9. The van der Waals surface area contributed by atoms with E-state index < -0.39 is 35.6 Å². The van der Waals surface area contributed by atoms with E-state index in [2.05, 4.69) is 10.3 Å². The molecule has 1 unspecified atom stereocenters. The fourth-order valence-corrected chi connectivity index (χ4v) is 7.25. The number of fused-ring (bicyclic) bond motifs is 3. The monoisotopic (exact) mass is 582 g/mol. The number of carbonyl (C=O) groups is 3. The van der Waals surface area contributed by atoms with Gasteiger partial charge in [0.1, 0.15) is 23.8 Å². The number of hydrogen-bond acceptors (Lipinski definition) is 7. The van der Waals surface area contributed by atoms with Crippen molar-refractivity contribution in [2.75, 3.05) is 24.6 Å². The van der Waals surface area contributed by atoms with Crippen molar-refractivity contribution in [2.45, 2.75) is 44.3 Å². The number of likely N-dealkylation sites (tertiary alicyclic amines) is 1. The lowest BCUT2D eigenvalue weighted by atomic mass is 9.77. The summed E-state index contributed by atoms with van der Waals surface area (Å²) < 4.78 is 8.41. The van der Waals surface area contributed by atoms with Crippen LogP contribution in [0.5, 0.6) is 0 Å². The maximum atomic E-state index is 14.6. The molecule has 3 aromatic rings. The molecule has 4 aliphatic rings. The van der Waals surface area contributed by atoms with Crippen LogP contribution in [0.25, 0.3) is 11.0 Å². The molecule has 11 nitrogen and oxygen atoms in total. The molecule has 3 amide bonds. The van der Waals surface area contributed by atoms with Gasteiger partial charge in [-0.3, -0.25) is 14.4 Å². The zero-order chi connectivity index (χ0) is 29.9. The number of hydrogen-bond donors (Lipinski definition) is 1. The Morgan fingerprint density at radius 1 is 0.977 bits per heavy atom. The van der Waals surface area contributed by atoms with E-state index in [1.54, 1.807) is 14.5 Å². The molecule has 0 aliphatic carbocycles. The number of aromatic nitrogens is 3. The van der Waals surface area contributed by atoms with Gasteiger partial charge in [-0.2, -0.15) is 0 Å². The Balaban J connectivity index is 1.31. The average molecular weight is 583 g/mol. The van der Waals surface area contributed by atoms with E-state index in [9.17, 15) is 19.5 Å². The summed E-state index contributed by atoms with van der Waals surface area (Å²) >= 11 is 0. The van der Waals surface area contributed by atoms with Gasteiger partial charge in [0.05, 0.1) is 36.1 Å². The highest BCUT2D eigenvalue weighted by Gasteiger charge is 2.72. The number of carbonyl (C=O) groups excluding carboxylic acids is 3. The highest BCUT2D eigenvalue weighted by atomic mass is 16.5. The average Bonchev–Trinajstić information content (AvgIpc) is 3.56. The largest absolute Gasteiger partial charge is 0.394 e. The lowest BCUT2D eigenvalue weighted by Gasteiger charge is -2.39. The topological polar surface area (TPSA) is 121 Å². The molecule has 2 saturated heterocycles. The summed E-state index contributed by atoms with van der Waals surface area (Å²) in [6, 6.07) is 15.1. The van der Waals surface area contributed by atoms with E-state index in [4.69, 9.17) is 4.74 Å². The van der Waals surface area contributed by atoms with Gasteiger partial charge in [0.25, 0.3) is 5.91 Å². The van der Waals surface area contributed by atoms with Gasteiger partial charge < -0.3 is 24.5 Å². The maximum Gasteiger partial charge on any atom is 0.250 e. The van der Waals surface area contributed by atoms with Crippen LogP contribution in [-0.2, 0) is 25.8 Å². The van der Waals surface area contributed by atoms with Crippen LogP contribution < -0.4 is 4.90 Å². The first-order valence-corrected chi connectivity index (χ1v) is 14.7. The number of amides is 3. The van der Waals surface area contributed by atoms with Crippen LogP contribution in [-0.4, -0.2) is 91.1 Å². The predicted molar refractivity (Wildman–Crippen MR) is 157 cm³/mol. The molecule has 222 valence electrons. The molecule has 1 spiro atoms. The second-order valence-electron chi connectivity index (χ2n) is 12.0. The number of para-hydroxylation sites is 2. The van der Waals surface area contributed by atoms with Gasteiger partial charge in [0, 0.05) is 18.8 Å². The molecular weight excluding hydrogens is 548 g/mol. The van der Waals surface area contributed by atoms with Crippen LogP contribution in [0.1, 0.15) is 13.8 Å². The van der Waals surface area contributed by atoms with Crippen molar-refractivity contribution >= 4 is 34.4 Å². The molecule has 1 N–H and O–H groups in total. The van der Waals surface area contributed by atoms with E-state index >= 15 is 0 Å². The van der Waals surface area contributed by atoms with E-state index in [1.165, 1.54) is 4.90 Å². The van der Waals surface area contributed by atoms with Crippen LogP contribution >= 0.6 is 0 Å². The third-order valence-corrected chi connectivity index (χ3v) is 9.29. The van der Waals surface area contributed by atoms with Crippen molar-refractivity contribution in [3.63, 3.8) is 0 Å². The molecule has 6 atom stereocenters. The number of benzene rings is 2. The fraction of sp³-hybridized carbons (Fsp3) is 0.406. The molecule has 5 heterocycles. The third kappa shape index (κ3) is 4.13. The van der Waals surface area contributed by atoms with E-state index in [0.717, 1.165) is 11.2 Å². The second-order valence-corrected chi connectivity index (χ2v) is 12.0. The smallest absolute Gasteiger partial charge is 0.250 e. The van der Waals surface area contributed by atoms with E-state index in [-0.39, 0.29) is 43.5 Å². The first kappa shape index (κ1) is 27.5. The molecule has 0 radical (unpaired) electrons. The number of aliphatic hydroxyl groups is 1. The maximum absolute atomic E-state index is 14.6. The first-order valence-electron chi connectivity index (χ1n) is 14.7. The van der Waals surface area contributed by atoms with Crippen LogP contribution in [0, 0.1) is 17.8 Å². The van der Waals surface area contributed by atoms with Crippen LogP contribution in [0.4, 0.5) is 5.69 Å². The van der Waals surface area contributed by atoms with Crippen LogP contribution in [0.15, 0.2) is 78.9 Å². The normalized spacial score (nSPS) is 29.2. The van der Waals surface area contributed by atoms with Gasteiger partial charge in [-0.05, 0) is 30.2 Å². The Morgan fingerprint density at radius 3 is 2.51 bits per heavy atom. The summed E-state index contributed by atoms with van der Waals surface area (Å²) in [6.07, 6.45) is 6.71. The summed E-state index contributed by atoms with van der Waals surface area (Å²) in [5, 5.41) is 19.0. The van der Waals surface area contributed by atoms with Crippen LogP contribution in [0.2, 0.25) is 0 Å². The van der Waals surface area contributed by atoms with E-state index in [1.807, 2.05) is 92.7 Å². The molecule has 1 aromatic heterocycles. The summed E-state index contributed by atoms with van der Waals surface area (Å²) in [4.78, 5) is 48.3. The van der Waals surface area contributed by atoms with Crippen molar-refractivity contribution in [3.8, 4) is 0 Å². The van der Waals surface area contributed by atoms with E-state index in [0.29, 0.717) is 12.1 Å². The Hall–Kier alpha value is -4.35. The number of rotatable bonds is 6. The standard InChI is InChI=1S/C32H34N6O5/c1-20(2)24(18-39)38-28-31(42)35(19-37-23-13-7-6-12-22(23)33-34-37)16-9-15-32(28)27(30(38)41)26-25(43-32)14-8-17-36(29(26)40)21-10-4-3-5-11-21/h3-15,20,24-28,39H,16-19H2,1-2H3/t24-,25-,26+,27-,28?,32-/m0/s1. The zero-order valence-electron chi connectivity index (χ0n) is 24.1. The Labute approximate surface area is 249 Å². The van der Waals surface area contributed by atoms with Crippen molar-refractivity contribution in [3.05, 3.63) is 78.9 Å². The quantitative estimate of drug-likeness (QED) is 0.442. The third-order valence-electron chi connectivity index (χ3n) is 9.29. The Kier molecular flexibility index (Phi) is 6.66. The minimum atomic E-state index is -1.38. The summed E-state index contributed by atoms with van der Waals surface area (Å²) in [6.45, 7) is 4.20. The van der Waals surface area contributed by atoms with Gasteiger partial charge in [0.15, 0.2) is 0 Å². The summed E-state index contributed by atoms with van der Waals surface area (Å²) in [5.41, 5.74) is 0.834. The highest BCUT2D eigenvalue weighted by molar-refractivity contribution is 6.04. The predicted octanol–water partition coefficient (Wildman–Crippen LogP) is 1.99. The van der Waals surface area contributed by atoms with Gasteiger partial charge >= 0.3 is 0 Å². The van der Waals surface area contributed by atoms with Gasteiger partial charge in [-0.1, -0.05) is 73.7 Å². The number of nitrogens with zero attached hydrogens (tertiary/aromatic N) is 6. The number of aliphatic hydroxyl groups excluding tert-OH is 1. The minimum Gasteiger partial charge on any atom is -0.394 e. The van der Waals surface area contributed by atoms with Gasteiger partial charge in [-0.15, -0.1) is 5.10 Å². The van der Waals surface area contributed by atoms with Gasteiger partial charge in [-0.25, -0.2) is 4.68 Å². The van der Waals surface area contributed by atoms with Crippen molar-refractivity contribution in [2.24, 2.45) is 17.8 Å². The summed E-state index contributed by atoms with van der Waals surface area (Å²) in [7, 11) is 0. The fourth-order valence-electron chi connectivity index (χ4n) is 7.25. The molecule has 4 aliphatic heterocycles. The number of ether oxygens (including phenoxy) is 1. The zero-order valence-corrected chi connectivity index (χ0v) is 24.1. The number of anilines is 1.